The summed E-state index contributed by atoms with van der Waals surface area (Å²) in [4.78, 5) is 21.0. The lowest BCUT2D eigenvalue weighted by molar-refractivity contribution is 0.176. The van der Waals surface area contributed by atoms with Gasteiger partial charge < -0.3 is 30.6 Å². The summed E-state index contributed by atoms with van der Waals surface area (Å²) in [7, 11) is 0. The molecule has 0 bridgehead atoms. The number of amides is 1. The molecule has 32 heavy (non-hydrogen) atoms. The largest absolute Gasteiger partial charge is 0.474 e. The lowest BCUT2D eigenvalue weighted by atomic mass is 9.98. The van der Waals surface area contributed by atoms with Gasteiger partial charge in [-0.1, -0.05) is 6.92 Å². The van der Waals surface area contributed by atoms with E-state index in [0.29, 0.717) is 31.4 Å². The van der Waals surface area contributed by atoms with Gasteiger partial charge in [-0.05, 0) is 35.6 Å². The second kappa shape index (κ2) is 8.16. The van der Waals surface area contributed by atoms with Crippen LogP contribution in [-0.4, -0.2) is 48.5 Å². The highest BCUT2D eigenvalue weighted by Gasteiger charge is 2.26. The van der Waals surface area contributed by atoms with Crippen LogP contribution in [0, 0.1) is 12.8 Å². The molecule has 1 saturated heterocycles. The number of rotatable bonds is 3. The third kappa shape index (κ3) is 3.75. The van der Waals surface area contributed by atoms with Gasteiger partial charge in [-0.25, -0.2) is 14.8 Å². The van der Waals surface area contributed by atoms with Crippen molar-refractivity contribution in [1.29, 1.82) is 0 Å². The van der Waals surface area contributed by atoms with E-state index in [2.05, 4.69) is 20.6 Å². The Balaban J connectivity index is 1.44. The predicted molar refractivity (Wildman–Crippen MR) is 121 cm³/mol. The van der Waals surface area contributed by atoms with E-state index in [1.807, 2.05) is 26.0 Å². The van der Waals surface area contributed by atoms with E-state index >= 15 is 0 Å². The summed E-state index contributed by atoms with van der Waals surface area (Å²) in [6.07, 6.45) is 2.86. The zero-order chi connectivity index (χ0) is 22.2. The molecule has 166 valence electrons. The normalized spacial score (nSPS) is 19.7. The molecule has 2 aliphatic heterocycles. The molecule has 1 amide bonds. The molecular formula is C23H25N5O4. The number of hydrogen-bond donors (Lipinski definition) is 3. The summed E-state index contributed by atoms with van der Waals surface area (Å²) in [6.45, 7) is 6.48. The molecule has 2 atom stereocenters. The fraction of sp³-hybridized carbons (Fsp3) is 0.348. The van der Waals surface area contributed by atoms with Gasteiger partial charge in [-0.3, -0.25) is 0 Å². The SMILES string of the molecule is Cc1c(-c2cc(N)c3cnc(OC(=O)NC4COCC4C)cc3c2)cnc2c1NCCO2. The van der Waals surface area contributed by atoms with Gasteiger partial charge in [0.15, 0.2) is 0 Å². The summed E-state index contributed by atoms with van der Waals surface area (Å²) in [5, 5.41) is 7.78. The summed E-state index contributed by atoms with van der Waals surface area (Å²) in [5.41, 5.74) is 10.7. The number of ether oxygens (including phenoxy) is 3. The van der Waals surface area contributed by atoms with Crippen LogP contribution in [0.25, 0.3) is 21.9 Å². The third-order valence-electron chi connectivity index (χ3n) is 5.97. The second-order valence-corrected chi connectivity index (χ2v) is 8.22. The highest BCUT2D eigenvalue weighted by molar-refractivity contribution is 5.97. The highest BCUT2D eigenvalue weighted by Crippen LogP contribution is 2.37. The monoisotopic (exact) mass is 435 g/mol. The Morgan fingerprint density at radius 2 is 2.12 bits per heavy atom. The molecule has 0 saturated carbocycles. The molecule has 2 unspecified atom stereocenters. The number of nitrogens with zero attached hydrogens (tertiary/aromatic N) is 2. The van der Waals surface area contributed by atoms with Crippen molar-refractivity contribution < 1.29 is 19.0 Å². The summed E-state index contributed by atoms with van der Waals surface area (Å²) in [5.74, 6) is 1.05. The van der Waals surface area contributed by atoms with Gasteiger partial charge in [0.1, 0.15) is 12.3 Å². The van der Waals surface area contributed by atoms with E-state index < -0.39 is 6.09 Å². The van der Waals surface area contributed by atoms with Crippen LogP contribution in [0.5, 0.6) is 11.8 Å². The average Bonchev–Trinajstić information content (AvgIpc) is 3.18. The zero-order valence-corrected chi connectivity index (χ0v) is 18.0. The van der Waals surface area contributed by atoms with Gasteiger partial charge in [0.2, 0.25) is 11.8 Å². The number of carbonyl (C=O) groups is 1. The Labute approximate surface area is 185 Å². The van der Waals surface area contributed by atoms with E-state index in [9.17, 15) is 4.79 Å². The van der Waals surface area contributed by atoms with Crippen molar-refractivity contribution >= 4 is 28.2 Å². The number of fused-ring (bicyclic) bond motifs is 2. The number of carbonyl (C=O) groups excluding carboxylic acids is 1. The van der Waals surface area contributed by atoms with Crippen LogP contribution in [0.2, 0.25) is 0 Å². The summed E-state index contributed by atoms with van der Waals surface area (Å²) < 4.78 is 16.4. The number of aromatic nitrogens is 2. The van der Waals surface area contributed by atoms with Crippen LogP contribution in [-0.2, 0) is 4.74 Å². The molecule has 1 aromatic carbocycles. The molecule has 0 radical (unpaired) electrons. The molecule has 9 nitrogen and oxygen atoms in total. The minimum absolute atomic E-state index is 0.0673. The first-order valence-electron chi connectivity index (χ1n) is 10.6. The first kappa shape index (κ1) is 20.3. The van der Waals surface area contributed by atoms with Crippen LogP contribution < -0.4 is 25.8 Å². The van der Waals surface area contributed by atoms with Crippen molar-refractivity contribution in [2.75, 3.05) is 37.4 Å². The lowest BCUT2D eigenvalue weighted by Crippen LogP contribution is -2.40. The van der Waals surface area contributed by atoms with Crippen molar-refractivity contribution in [2.45, 2.75) is 19.9 Å². The van der Waals surface area contributed by atoms with Crippen LogP contribution in [0.3, 0.4) is 0 Å². The van der Waals surface area contributed by atoms with Crippen LogP contribution in [0.15, 0.2) is 30.6 Å². The molecule has 0 aliphatic carbocycles. The van der Waals surface area contributed by atoms with Gasteiger partial charge in [0.05, 0.1) is 19.3 Å². The lowest BCUT2D eigenvalue weighted by Gasteiger charge is -2.21. The van der Waals surface area contributed by atoms with Gasteiger partial charge >= 0.3 is 6.09 Å². The topological polar surface area (TPSA) is 121 Å². The van der Waals surface area contributed by atoms with Crippen LogP contribution in [0.4, 0.5) is 16.2 Å². The number of nitrogen functional groups attached to an aromatic ring is 1. The zero-order valence-electron chi connectivity index (χ0n) is 18.0. The number of benzene rings is 1. The fourth-order valence-corrected chi connectivity index (χ4v) is 4.11. The Kier molecular flexibility index (Phi) is 5.18. The van der Waals surface area contributed by atoms with Gasteiger partial charge in [-0.15, -0.1) is 0 Å². The Bertz CT molecular complexity index is 1200. The quantitative estimate of drug-likeness (QED) is 0.537. The Morgan fingerprint density at radius 1 is 1.25 bits per heavy atom. The number of nitrogens with one attached hydrogen (secondary N) is 2. The van der Waals surface area contributed by atoms with Gasteiger partial charge in [0, 0.05) is 47.6 Å². The molecule has 3 aromatic rings. The highest BCUT2D eigenvalue weighted by atomic mass is 16.6. The van der Waals surface area contributed by atoms with Crippen molar-refractivity contribution in [3.05, 3.63) is 36.2 Å². The fourth-order valence-electron chi connectivity index (χ4n) is 4.11. The molecule has 5 rings (SSSR count). The van der Waals surface area contributed by atoms with Crippen LogP contribution in [0.1, 0.15) is 12.5 Å². The summed E-state index contributed by atoms with van der Waals surface area (Å²) in [6, 6.07) is 5.54. The van der Waals surface area contributed by atoms with E-state index in [-0.39, 0.29) is 17.8 Å². The van der Waals surface area contributed by atoms with E-state index in [4.69, 9.17) is 19.9 Å². The predicted octanol–water partition coefficient (Wildman–Crippen LogP) is 3.12. The van der Waals surface area contributed by atoms with Crippen molar-refractivity contribution in [3.8, 4) is 22.9 Å². The number of hydrogen-bond acceptors (Lipinski definition) is 8. The smallest absolute Gasteiger partial charge is 0.414 e. The van der Waals surface area contributed by atoms with E-state index in [1.165, 1.54) is 0 Å². The van der Waals surface area contributed by atoms with E-state index in [1.54, 1.807) is 18.5 Å². The van der Waals surface area contributed by atoms with Crippen LogP contribution >= 0.6 is 0 Å². The first-order chi connectivity index (χ1) is 15.5. The molecule has 9 heteroatoms. The first-order valence-corrected chi connectivity index (χ1v) is 10.6. The maximum atomic E-state index is 12.3. The molecule has 2 aromatic heterocycles. The minimum Gasteiger partial charge on any atom is -0.474 e. The van der Waals surface area contributed by atoms with E-state index in [0.717, 1.165) is 39.7 Å². The minimum atomic E-state index is -0.552. The number of anilines is 2. The molecule has 4 N–H and O–H groups in total. The van der Waals surface area contributed by atoms with Gasteiger partial charge in [-0.2, -0.15) is 0 Å². The van der Waals surface area contributed by atoms with Crippen molar-refractivity contribution in [1.82, 2.24) is 15.3 Å². The van der Waals surface area contributed by atoms with Crippen molar-refractivity contribution in [2.24, 2.45) is 5.92 Å². The molecule has 1 fully saturated rings. The second-order valence-electron chi connectivity index (χ2n) is 8.22. The maximum absolute atomic E-state index is 12.3. The molecule has 4 heterocycles. The molecule has 0 spiro atoms. The van der Waals surface area contributed by atoms with Gasteiger partial charge in [0.25, 0.3) is 0 Å². The Hall–Kier alpha value is -3.59. The maximum Gasteiger partial charge on any atom is 0.414 e. The molecule has 2 aliphatic rings. The standard InChI is InChI=1S/C23H25N5O4/c1-12-10-30-11-19(12)28-23(29)32-20-7-15-5-14(6-18(24)17(15)9-26-20)16-8-27-22-21(13(16)2)25-3-4-31-22/h5-9,12,19,25H,3-4,10-11,24H2,1-2H3,(H,28,29). The molecular weight excluding hydrogens is 410 g/mol. The number of nitrogens with two attached hydrogens (primary N) is 1. The third-order valence-corrected chi connectivity index (χ3v) is 5.97. The van der Waals surface area contributed by atoms with Crippen molar-refractivity contribution in [3.63, 3.8) is 0 Å². The number of pyridine rings is 2. The summed E-state index contributed by atoms with van der Waals surface area (Å²) >= 11 is 0. The Morgan fingerprint density at radius 3 is 2.94 bits per heavy atom. The average molecular weight is 435 g/mol.